The second kappa shape index (κ2) is 5.95. The number of rotatable bonds is 5. The average Bonchev–Trinajstić information content (AvgIpc) is 2.28. The quantitative estimate of drug-likeness (QED) is 0.756. The van der Waals surface area contributed by atoms with Crippen molar-refractivity contribution < 1.29 is 9.53 Å². The van der Waals surface area contributed by atoms with Gasteiger partial charge in [0.1, 0.15) is 12.4 Å². The van der Waals surface area contributed by atoms with Crippen LogP contribution >= 0.6 is 0 Å². The fourth-order valence-electron chi connectivity index (χ4n) is 1.37. The van der Waals surface area contributed by atoms with Gasteiger partial charge in [-0.3, -0.25) is 4.79 Å². The minimum atomic E-state index is -0.280. The Kier molecular flexibility index (Phi) is 4.57. The zero-order valence-electron chi connectivity index (χ0n) is 9.64. The van der Waals surface area contributed by atoms with Gasteiger partial charge in [-0.25, -0.2) is 4.98 Å². The van der Waals surface area contributed by atoms with Crippen molar-refractivity contribution in [2.75, 3.05) is 30.8 Å². The smallest absolute Gasteiger partial charge is 0.325 e. The zero-order chi connectivity index (χ0) is 12.0. The lowest BCUT2D eigenvalue weighted by molar-refractivity contribution is -0.138. The number of nitrogens with zero attached hydrogens (tertiary/aromatic N) is 2. The Labute approximate surface area is 95.2 Å². The van der Waals surface area contributed by atoms with Crippen LogP contribution in [0.3, 0.4) is 0 Å². The van der Waals surface area contributed by atoms with Crippen LogP contribution in [0.2, 0.25) is 0 Å². The van der Waals surface area contributed by atoms with Gasteiger partial charge in [-0.1, -0.05) is 6.92 Å². The first-order valence-corrected chi connectivity index (χ1v) is 5.20. The molecule has 5 nitrogen and oxygen atoms in total. The van der Waals surface area contributed by atoms with Crippen molar-refractivity contribution in [1.29, 1.82) is 0 Å². The summed E-state index contributed by atoms with van der Waals surface area (Å²) in [4.78, 5) is 17.3. The number of nitrogens with two attached hydrogens (primary N) is 1. The number of anilines is 2. The van der Waals surface area contributed by atoms with Crippen molar-refractivity contribution in [3.8, 4) is 0 Å². The van der Waals surface area contributed by atoms with Crippen LogP contribution in [0.25, 0.3) is 0 Å². The molecule has 0 aliphatic rings. The van der Waals surface area contributed by atoms with Gasteiger partial charge in [-0.05, 0) is 12.5 Å². The molecular weight excluding hydrogens is 206 g/mol. The first kappa shape index (κ1) is 12.3. The maximum Gasteiger partial charge on any atom is 0.325 e. The molecule has 0 unspecified atom stereocenters. The highest BCUT2D eigenvalue weighted by molar-refractivity contribution is 5.75. The second-order valence-electron chi connectivity index (χ2n) is 3.45. The summed E-state index contributed by atoms with van der Waals surface area (Å²) >= 11 is 0. The maximum absolute atomic E-state index is 11.2. The highest BCUT2D eigenvalue weighted by atomic mass is 16.5. The van der Waals surface area contributed by atoms with Crippen LogP contribution in [0.15, 0.2) is 18.3 Å². The van der Waals surface area contributed by atoms with E-state index in [0.29, 0.717) is 11.5 Å². The number of pyridine rings is 1. The third-order valence-corrected chi connectivity index (χ3v) is 2.13. The van der Waals surface area contributed by atoms with Crippen LogP contribution in [0, 0.1) is 0 Å². The second-order valence-corrected chi connectivity index (χ2v) is 3.45. The van der Waals surface area contributed by atoms with Crippen molar-refractivity contribution in [1.82, 2.24) is 4.98 Å². The first-order valence-electron chi connectivity index (χ1n) is 5.20. The Morgan fingerprint density at radius 1 is 1.62 bits per heavy atom. The molecule has 88 valence electrons. The van der Waals surface area contributed by atoms with E-state index in [1.54, 1.807) is 18.3 Å². The molecule has 0 spiro atoms. The van der Waals surface area contributed by atoms with Crippen LogP contribution in [0.1, 0.15) is 13.3 Å². The van der Waals surface area contributed by atoms with E-state index in [1.165, 1.54) is 7.11 Å². The molecule has 1 aromatic rings. The van der Waals surface area contributed by atoms with E-state index in [9.17, 15) is 4.79 Å². The summed E-state index contributed by atoms with van der Waals surface area (Å²) in [5, 5.41) is 0. The number of aromatic nitrogens is 1. The monoisotopic (exact) mass is 223 g/mol. The molecule has 1 heterocycles. The SMILES string of the molecule is CCCN(CC(=O)OC)c1cc(N)ccn1. The fraction of sp³-hybridized carbons (Fsp3) is 0.455. The van der Waals surface area contributed by atoms with Crippen molar-refractivity contribution >= 4 is 17.5 Å². The van der Waals surface area contributed by atoms with Gasteiger partial charge in [0, 0.05) is 24.5 Å². The van der Waals surface area contributed by atoms with E-state index >= 15 is 0 Å². The van der Waals surface area contributed by atoms with Gasteiger partial charge in [0.2, 0.25) is 0 Å². The van der Waals surface area contributed by atoms with Crippen molar-refractivity contribution in [2.45, 2.75) is 13.3 Å². The summed E-state index contributed by atoms with van der Waals surface area (Å²) in [7, 11) is 1.37. The lowest BCUT2D eigenvalue weighted by Crippen LogP contribution is -2.31. The van der Waals surface area contributed by atoms with Crippen LogP contribution in [0.4, 0.5) is 11.5 Å². The standard InChI is InChI=1S/C11H17N3O2/c1-3-6-14(8-11(15)16-2)10-7-9(12)4-5-13-10/h4-5,7H,3,6,8H2,1-2H3,(H2,12,13). The molecule has 0 radical (unpaired) electrons. The molecule has 16 heavy (non-hydrogen) atoms. The van der Waals surface area contributed by atoms with Gasteiger partial charge in [0.25, 0.3) is 0 Å². The lowest BCUT2D eigenvalue weighted by atomic mass is 10.3. The number of hydrogen-bond acceptors (Lipinski definition) is 5. The van der Waals surface area contributed by atoms with Crippen molar-refractivity contribution in [3.63, 3.8) is 0 Å². The van der Waals surface area contributed by atoms with Gasteiger partial charge < -0.3 is 15.4 Å². The molecule has 0 aliphatic heterocycles. The van der Waals surface area contributed by atoms with E-state index in [2.05, 4.69) is 9.72 Å². The first-order chi connectivity index (χ1) is 7.67. The summed E-state index contributed by atoms with van der Waals surface area (Å²) in [6.07, 6.45) is 2.55. The summed E-state index contributed by atoms with van der Waals surface area (Å²) < 4.78 is 4.64. The van der Waals surface area contributed by atoms with E-state index in [4.69, 9.17) is 5.73 Å². The molecule has 0 saturated carbocycles. The molecule has 0 bridgehead atoms. The van der Waals surface area contributed by atoms with Gasteiger partial charge >= 0.3 is 5.97 Å². The highest BCUT2D eigenvalue weighted by Crippen LogP contribution is 2.14. The molecule has 2 N–H and O–H groups in total. The Morgan fingerprint density at radius 3 is 2.94 bits per heavy atom. The average molecular weight is 223 g/mol. The molecule has 1 aromatic heterocycles. The number of esters is 1. The predicted molar refractivity (Wildman–Crippen MR) is 63.2 cm³/mol. The van der Waals surface area contributed by atoms with E-state index in [1.807, 2.05) is 11.8 Å². The van der Waals surface area contributed by atoms with Crippen molar-refractivity contribution in [3.05, 3.63) is 18.3 Å². The molecular formula is C11H17N3O2. The molecule has 5 heteroatoms. The van der Waals surface area contributed by atoms with Crippen LogP contribution in [-0.4, -0.2) is 31.2 Å². The third-order valence-electron chi connectivity index (χ3n) is 2.13. The normalized spacial score (nSPS) is 9.88. The van der Waals surface area contributed by atoms with Gasteiger partial charge in [-0.2, -0.15) is 0 Å². The molecule has 1 rings (SSSR count). The number of carbonyl (C=O) groups excluding carboxylic acids is 1. The van der Waals surface area contributed by atoms with Crippen molar-refractivity contribution in [2.24, 2.45) is 0 Å². The number of ether oxygens (including phenoxy) is 1. The zero-order valence-corrected chi connectivity index (χ0v) is 9.64. The molecule has 0 saturated heterocycles. The molecule has 0 aliphatic carbocycles. The minimum Gasteiger partial charge on any atom is -0.468 e. The molecule has 0 fully saturated rings. The summed E-state index contributed by atoms with van der Waals surface area (Å²) in [6.45, 7) is 2.98. The fourth-order valence-corrected chi connectivity index (χ4v) is 1.37. The number of carbonyl (C=O) groups is 1. The molecule has 0 amide bonds. The van der Waals surface area contributed by atoms with Crippen LogP contribution in [-0.2, 0) is 9.53 Å². The number of hydrogen-bond donors (Lipinski definition) is 1. The highest BCUT2D eigenvalue weighted by Gasteiger charge is 2.12. The maximum atomic E-state index is 11.2. The molecule has 0 aromatic carbocycles. The minimum absolute atomic E-state index is 0.195. The third kappa shape index (κ3) is 3.42. The number of nitrogen functional groups attached to an aromatic ring is 1. The largest absolute Gasteiger partial charge is 0.468 e. The lowest BCUT2D eigenvalue weighted by Gasteiger charge is -2.21. The van der Waals surface area contributed by atoms with Crippen LogP contribution < -0.4 is 10.6 Å². The Balaban J connectivity index is 2.80. The Hall–Kier alpha value is -1.78. The number of methoxy groups -OCH3 is 1. The molecule has 0 atom stereocenters. The summed E-state index contributed by atoms with van der Waals surface area (Å²) in [6, 6.07) is 3.46. The van der Waals surface area contributed by atoms with Crippen LogP contribution in [0.5, 0.6) is 0 Å². The van der Waals surface area contributed by atoms with E-state index in [-0.39, 0.29) is 12.5 Å². The van der Waals surface area contributed by atoms with Gasteiger partial charge in [0.05, 0.1) is 7.11 Å². The van der Waals surface area contributed by atoms with Gasteiger partial charge in [-0.15, -0.1) is 0 Å². The Bertz CT molecular complexity index is 355. The Morgan fingerprint density at radius 2 is 2.38 bits per heavy atom. The topological polar surface area (TPSA) is 68.5 Å². The van der Waals surface area contributed by atoms with E-state index in [0.717, 1.165) is 13.0 Å². The summed E-state index contributed by atoms with van der Waals surface area (Å²) in [5.41, 5.74) is 6.31. The van der Waals surface area contributed by atoms with Gasteiger partial charge in [0.15, 0.2) is 0 Å². The summed E-state index contributed by atoms with van der Waals surface area (Å²) in [5.74, 6) is 0.421. The predicted octanol–water partition coefficient (Wildman–Crippen LogP) is 1.05. The van der Waals surface area contributed by atoms with E-state index < -0.39 is 0 Å².